The first-order chi connectivity index (χ1) is 20.9. The van der Waals surface area contributed by atoms with Crippen LogP contribution < -0.4 is 4.74 Å². The Morgan fingerprint density at radius 1 is 0.932 bits per heavy atom. The number of benzene rings is 3. The van der Waals surface area contributed by atoms with Gasteiger partial charge in [0.1, 0.15) is 12.3 Å². The van der Waals surface area contributed by atoms with Crippen LogP contribution in [-0.4, -0.2) is 51.0 Å². The Kier molecular flexibility index (Phi) is 8.80. The van der Waals surface area contributed by atoms with Crippen molar-refractivity contribution in [2.45, 2.75) is 26.2 Å². The van der Waals surface area contributed by atoms with Crippen LogP contribution in [0.15, 0.2) is 66.7 Å². The van der Waals surface area contributed by atoms with E-state index in [0.717, 1.165) is 16.4 Å². The zero-order valence-corrected chi connectivity index (χ0v) is 24.8. The van der Waals surface area contributed by atoms with Crippen LogP contribution >= 0.6 is 23.2 Å². The maximum absolute atomic E-state index is 13.8. The molecule has 1 saturated carbocycles. The number of non-ortho nitro benzene ring substituents is 1. The highest BCUT2D eigenvalue weighted by molar-refractivity contribution is 6.36. The average Bonchev–Trinajstić information content (AvgIpc) is 3.24. The van der Waals surface area contributed by atoms with Crippen LogP contribution in [0, 0.1) is 27.9 Å². The number of hydrazine groups is 1. The summed E-state index contributed by atoms with van der Waals surface area (Å²) in [5.74, 6) is -4.08. The van der Waals surface area contributed by atoms with Gasteiger partial charge in [0.15, 0.2) is 5.78 Å². The lowest BCUT2D eigenvalue weighted by molar-refractivity contribution is -0.384. The Hall–Kier alpha value is -4.61. The Morgan fingerprint density at radius 2 is 1.57 bits per heavy atom. The molecule has 0 aromatic heterocycles. The van der Waals surface area contributed by atoms with E-state index in [9.17, 15) is 34.1 Å². The van der Waals surface area contributed by atoms with E-state index in [-0.39, 0.29) is 44.1 Å². The molecule has 0 bridgehead atoms. The Labute approximate surface area is 261 Å². The van der Waals surface area contributed by atoms with Gasteiger partial charge < -0.3 is 4.74 Å². The number of ketones is 1. The van der Waals surface area contributed by atoms with Gasteiger partial charge in [-0.1, -0.05) is 30.1 Å². The van der Waals surface area contributed by atoms with Gasteiger partial charge in [0.2, 0.25) is 0 Å². The van der Waals surface area contributed by atoms with Crippen LogP contribution in [0.3, 0.4) is 0 Å². The maximum atomic E-state index is 13.8. The van der Waals surface area contributed by atoms with Gasteiger partial charge in [0.25, 0.3) is 23.4 Å². The summed E-state index contributed by atoms with van der Waals surface area (Å²) in [6.45, 7) is 1.36. The van der Waals surface area contributed by atoms with Crippen LogP contribution in [0.4, 0.5) is 5.69 Å². The zero-order valence-electron chi connectivity index (χ0n) is 23.3. The van der Waals surface area contributed by atoms with E-state index in [4.69, 9.17) is 27.9 Å². The lowest BCUT2D eigenvalue weighted by Gasteiger charge is -2.30. The molecule has 1 aliphatic carbocycles. The monoisotopic (exact) mass is 637 g/mol. The molecule has 3 aromatic rings. The number of nitro benzene ring substituents is 1. The van der Waals surface area contributed by atoms with Gasteiger partial charge >= 0.3 is 5.97 Å². The predicted octanol–water partition coefficient (Wildman–Crippen LogP) is 5.78. The molecule has 2 fully saturated rings. The van der Waals surface area contributed by atoms with E-state index in [1.807, 2.05) is 6.92 Å². The molecule has 1 saturated heterocycles. The molecule has 226 valence electrons. The van der Waals surface area contributed by atoms with Crippen molar-refractivity contribution in [2.24, 2.45) is 17.8 Å². The van der Waals surface area contributed by atoms with Crippen molar-refractivity contribution in [1.29, 1.82) is 0 Å². The standard InChI is InChI=1S/C31H25Cl2N3O8/c1-17-2-12-23-25(14-17)30(40)35(29(23)39)34(28(38)24-13-7-20(32)15-26(24)33)16-27(37)18-5-10-22(11-6-18)44-31(41)19-3-8-21(9-4-19)36(42)43/h3-11,13,15,17,23,25H,2,12,14,16H2,1H3/t17-,23+,25+/m1/s1. The van der Waals surface area contributed by atoms with Gasteiger partial charge in [-0.2, -0.15) is 5.01 Å². The number of imide groups is 1. The van der Waals surface area contributed by atoms with Crippen molar-refractivity contribution in [2.75, 3.05) is 6.54 Å². The van der Waals surface area contributed by atoms with Crippen molar-refractivity contribution in [3.63, 3.8) is 0 Å². The molecule has 0 N–H and O–H groups in total. The summed E-state index contributed by atoms with van der Waals surface area (Å²) in [4.78, 5) is 76.9. The quantitative estimate of drug-likeness (QED) is 0.0754. The molecule has 0 spiro atoms. The Bertz CT molecular complexity index is 1680. The normalized spacial score (nSPS) is 19.3. The highest BCUT2D eigenvalue weighted by atomic mass is 35.5. The molecule has 1 aliphatic heterocycles. The van der Waals surface area contributed by atoms with Gasteiger partial charge in [-0.25, -0.2) is 9.80 Å². The highest BCUT2D eigenvalue weighted by Gasteiger charge is 2.53. The molecule has 11 nitrogen and oxygen atoms in total. The number of carbonyl (C=O) groups excluding carboxylic acids is 5. The summed E-state index contributed by atoms with van der Waals surface area (Å²) < 4.78 is 5.30. The largest absolute Gasteiger partial charge is 0.423 e. The number of hydrogen-bond donors (Lipinski definition) is 0. The van der Waals surface area contributed by atoms with Crippen LogP contribution in [0.1, 0.15) is 57.3 Å². The molecule has 2 aliphatic rings. The number of hydrogen-bond acceptors (Lipinski definition) is 8. The lowest BCUT2D eigenvalue weighted by atomic mass is 9.76. The fourth-order valence-electron chi connectivity index (χ4n) is 5.47. The van der Waals surface area contributed by atoms with Crippen molar-refractivity contribution >= 4 is 58.4 Å². The van der Waals surface area contributed by atoms with E-state index >= 15 is 0 Å². The third-order valence-electron chi connectivity index (χ3n) is 7.80. The minimum absolute atomic E-state index is 0.00993. The Morgan fingerprint density at radius 3 is 2.20 bits per heavy atom. The molecule has 3 atom stereocenters. The van der Waals surface area contributed by atoms with Gasteiger partial charge in [-0.15, -0.1) is 0 Å². The third-order valence-corrected chi connectivity index (χ3v) is 8.34. The minimum atomic E-state index is -0.818. The summed E-state index contributed by atoms with van der Waals surface area (Å²) in [6, 6.07) is 14.5. The summed E-state index contributed by atoms with van der Waals surface area (Å²) >= 11 is 12.3. The van der Waals surface area contributed by atoms with Gasteiger partial charge in [-0.3, -0.25) is 29.3 Å². The molecule has 5 rings (SSSR count). The second kappa shape index (κ2) is 12.6. The Balaban J connectivity index is 1.37. The number of carbonyl (C=O) groups is 5. The van der Waals surface area contributed by atoms with E-state index in [1.165, 1.54) is 66.7 Å². The smallest absolute Gasteiger partial charge is 0.343 e. The SMILES string of the molecule is C[C@@H]1CC[C@@H]2C(=O)N(N(CC(=O)c3ccc(OC(=O)c4ccc([N+](=O)[O-])cc4)cc3)C(=O)c3ccc(Cl)cc3Cl)C(=O)[C@H]2C1. The number of fused-ring (bicyclic) bond motifs is 1. The molecule has 44 heavy (non-hydrogen) atoms. The molecule has 0 radical (unpaired) electrons. The lowest BCUT2D eigenvalue weighted by Crippen LogP contribution is -2.52. The van der Waals surface area contributed by atoms with Gasteiger partial charge in [-0.05, 0) is 79.8 Å². The van der Waals surface area contributed by atoms with Crippen LogP contribution in [-0.2, 0) is 9.59 Å². The van der Waals surface area contributed by atoms with Crippen LogP contribution in [0.2, 0.25) is 10.0 Å². The van der Waals surface area contributed by atoms with E-state index < -0.39 is 52.8 Å². The number of nitro groups is 1. The van der Waals surface area contributed by atoms with Crippen molar-refractivity contribution in [3.05, 3.63) is 104 Å². The second-order valence-electron chi connectivity index (χ2n) is 10.7. The van der Waals surface area contributed by atoms with Crippen molar-refractivity contribution in [3.8, 4) is 5.75 Å². The number of rotatable bonds is 8. The molecule has 1 heterocycles. The maximum Gasteiger partial charge on any atom is 0.343 e. The number of amides is 3. The first-order valence-corrected chi connectivity index (χ1v) is 14.4. The van der Waals surface area contributed by atoms with Gasteiger partial charge in [0.05, 0.1) is 32.9 Å². The fraction of sp³-hybridized carbons (Fsp3) is 0.258. The highest BCUT2D eigenvalue weighted by Crippen LogP contribution is 2.41. The number of nitrogens with zero attached hydrogens (tertiary/aromatic N) is 3. The van der Waals surface area contributed by atoms with E-state index in [0.29, 0.717) is 12.8 Å². The first kappa shape index (κ1) is 30.8. The molecule has 13 heteroatoms. The second-order valence-corrected chi connectivity index (χ2v) is 11.6. The van der Waals surface area contributed by atoms with Gasteiger partial charge in [0, 0.05) is 22.7 Å². The number of esters is 1. The topological polar surface area (TPSA) is 144 Å². The number of ether oxygens (including phenoxy) is 1. The molecule has 3 aromatic carbocycles. The van der Waals surface area contributed by atoms with Crippen LogP contribution in [0.5, 0.6) is 5.75 Å². The summed E-state index contributed by atoms with van der Waals surface area (Å²) in [5, 5.41) is 12.7. The minimum Gasteiger partial charge on any atom is -0.423 e. The predicted molar refractivity (Wildman–Crippen MR) is 158 cm³/mol. The molecule has 0 unspecified atom stereocenters. The fourth-order valence-corrected chi connectivity index (χ4v) is 5.96. The average molecular weight is 638 g/mol. The van der Waals surface area contributed by atoms with Crippen molar-refractivity contribution in [1.82, 2.24) is 10.0 Å². The summed E-state index contributed by atoms with van der Waals surface area (Å²) in [5.41, 5.74) is -0.0203. The summed E-state index contributed by atoms with van der Waals surface area (Å²) in [6.07, 6.45) is 1.78. The van der Waals surface area contributed by atoms with Crippen molar-refractivity contribution < 1.29 is 33.6 Å². The summed E-state index contributed by atoms with van der Waals surface area (Å²) in [7, 11) is 0. The first-order valence-electron chi connectivity index (χ1n) is 13.7. The molecular formula is C31H25Cl2N3O8. The number of halogens is 2. The molecule has 3 amide bonds. The zero-order chi connectivity index (χ0) is 31.7. The molecular weight excluding hydrogens is 613 g/mol. The van der Waals surface area contributed by atoms with E-state index in [2.05, 4.69) is 0 Å². The van der Waals surface area contributed by atoms with E-state index in [1.54, 1.807) is 0 Å². The third kappa shape index (κ3) is 6.20. The van der Waals surface area contributed by atoms with Crippen LogP contribution in [0.25, 0.3) is 0 Å². The number of Topliss-reactive ketones (excluding diaryl/α,β-unsaturated/α-hetero) is 1.